The number of rotatable bonds is 7. The second-order valence-electron chi connectivity index (χ2n) is 4.18. The molecule has 1 aromatic carbocycles. The number of benzene rings is 1. The number of aryl methyl sites for hydroxylation is 1. The number of sulfonamides is 1. The van der Waals surface area contributed by atoms with Crippen LogP contribution in [0.4, 0.5) is 0 Å². The number of hydrogen-bond acceptors (Lipinski definition) is 3. The SMILES string of the molecule is CCCNCc1ccc(CC)c(S(=O)(=O)NC)c1. The van der Waals surface area contributed by atoms with Crippen LogP contribution in [0, 0.1) is 0 Å². The van der Waals surface area contributed by atoms with E-state index in [0.29, 0.717) is 17.9 Å². The van der Waals surface area contributed by atoms with E-state index < -0.39 is 10.0 Å². The van der Waals surface area contributed by atoms with Gasteiger partial charge in [0.15, 0.2) is 0 Å². The topological polar surface area (TPSA) is 58.2 Å². The van der Waals surface area contributed by atoms with Crippen molar-refractivity contribution in [2.75, 3.05) is 13.6 Å². The van der Waals surface area contributed by atoms with Crippen molar-refractivity contribution in [3.05, 3.63) is 29.3 Å². The van der Waals surface area contributed by atoms with Gasteiger partial charge in [-0.3, -0.25) is 0 Å². The Bertz CT molecular complexity index is 484. The molecule has 0 unspecified atom stereocenters. The predicted molar refractivity (Wildman–Crippen MR) is 74.1 cm³/mol. The zero-order chi connectivity index (χ0) is 13.6. The summed E-state index contributed by atoms with van der Waals surface area (Å²) in [5.41, 5.74) is 1.85. The molecule has 0 aliphatic carbocycles. The second kappa shape index (κ2) is 6.87. The molecule has 1 rings (SSSR count). The minimum absolute atomic E-state index is 0.392. The minimum Gasteiger partial charge on any atom is -0.313 e. The Hall–Kier alpha value is -0.910. The van der Waals surface area contributed by atoms with Crippen LogP contribution in [0.25, 0.3) is 0 Å². The van der Waals surface area contributed by atoms with Crippen LogP contribution in [-0.2, 0) is 23.0 Å². The number of hydrogen-bond donors (Lipinski definition) is 2. The molecular formula is C13H22N2O2S. The summed E-state index contributed by atoms with van der Waals surface area (Å²) in [6.45, 7) is 5.69. The van der Waals surface area contributed by atoms with Gasteiger partial charge < -0.3 is 5.32 Å². The lowest BCUT2D eigenvalue weighted by Gasteiger charge is -2.11. The molecule has 0 saturated carbocycles. The van der Waals surface area contributed by atoms with Crippen LogP contribution in [-0.4, -0.2) is 22.0 Å². The fraction of sp³-hybridized carbons (Fsp3) is 0.538. The third-order valence-corrected chi connectivity index (χ3v) is 4.32. The van der Waals surface area contributed by atoms with Crippen molar-refractivity contribution in [2.45, 2.75) is 38.1 Å². The Morgan fingerprint density at radius 1 is 1.22 bits per heavy atom. The van der Waals surface area contributed by atoms with E-state index in [-0.39, 0.29) is 0 Å². The van der Waals surface area contributed by atoms with Gasteiger partial charge in [-0.15, -0.1) is 0 Å². The summed E-state index contributed by atoms with van der Waals surface area (Å²) in [6, 6.07) is 5.64. The molecular weight excluding hydrogens is 248 g/mol. The molecule has 0 radical (unpaired) electrons. The van der Waals surface area contributed by atoms with Crippen molar-refractivity contribution in [3.8, 4) is 0 Å². The molecule has 2 N–H and O–H groups in total. The van der Waals surface area contributed by atoms with E-state index in [0.717, 1.165) is 24.1 Å². The van der Waals surface area contributed by atoms with Crippen LogP contribution < -0.4 is 10.0 Å². The van der Waals surface area contributed by atoms with E-state index in [1.807, 2.05) is 19.1 Å². The Kier molecular flexibility index (Phi) is 5.78. The molecule has 0 heterocycles. The van der Waals surface area contributed by atoms with Gasteiger partial charge in [0.25, 0.3) is 0 Å². The average molecular weight is 270 g/mol. The van der Waals surface area contributed by atoms with Gasteiger partial charge in [-0.2, -0.15) is 0 Å². The molecule has 0 fully saturated rings. The lowest BCUT2D eigenvalue weighted by molar-refractivity contribution is 0.586. The molecule has 0 aliphatic heterocycles. The maximum Gasteiger partial charge on any atom is 0.240 e. The molecule has 0 spiro atoms. The molecule has 1 aromatic rings. The lowest BCUT2D eigenvalue weighted by atomic mass is 10.1. The third kappa shape index (κ3) is 3.80. The van der Waals surface area contributed by atoms with Crippen molar-refractivity contribution < 1.29 is 8.42 Å². The van der Waals surface area contributed by atoms with Crippen molar-refractivity contribution in [2.24, 2.45) is 0 Å². The molecule has 0 bridgehead atoms. The van der Waals surface area contributed by atoms with E-state index in [2.05, 4.69) is 17.0 Å². The largest absolute Gasteiger partial charge is 0.313 e. The summed E-state index contributed by atoms with van der Waals surface area (Å²) >= 11 is 0. The zero-order valence-electron chi connectivity index (χ0n) is 11.3. The second-order valence-corrected chi connectivity index (χ2v) is 6.03. The predicted octanol–water partition coefficient (Wildman–Crippen LogP) is 1.66. The summed E-state index contributed by atoms with van der Waals surface area (Å²) < 4.78 is 26.2. The van der Waals surface area contributed by atoms with E-state index in [4.69, 9.17) is 0 Å². The van der Waals surface area contributed by atoms with Crippen LogP contribution in [0.15, 0.2) is 23.1 Å². The van der Waals surface area contributed by atoms with Gasteiger partial charge in [0.1, 0.15) is 0 Å². The maximum atomic E-state index is 11.9. The normalized spacial score (nSPS) is 11.7. The average Bonchev–Trinajstić information content (AvgIpc) is 2.39. The highest BCUT2D eigenvalue weighted by molar-refractivity contribution is 7.89. The molecule has 102 valence electrons. The van der Waals surface area contributed by atoms with E-state index in [9.17, 15) is 8.42 Å². The van der Waals surface area contributed by atoms with Crippen LogP contribution >= 0.6 is 0 Å². The van der Waals surface area contributed by atoms with Crippen LogP contribution in [0.3, 0.4) is 0 Å². The fourth-order valence-electron chi connectivity index (χ4n) is 1.77. The van der Waals surface area contributed by atoms with E-state index in [1.54, 1.807) is 6.07 Å². The molecule has 0 saturated heterocycles. The van der Waals surface area contributed by atoms with Crippen LogP contribution in [0.5, 0.6) is 0 Å². The number of nitrogens with one attached hydrogen (secondary N) is 2. The molecule has 0 aromatic heterocycles. The van der Waals surface area contributed by atoms with Crippen LogP contribution in [0.1, 0.15) is 31.4 Å². The quantitative estimate of drug-likeness (QED) is 0.741. The highest BCUT2D eigenvalue weighted by Gasteiger charge is 2.16. The highest BCUT2D eigenvalue weighted by atomic mass is 32.2. The smallest absolute Gasteiger partial charge is 0.240 e. The van der Waals surface area contributed by atoms with E-state index >= 15 is 0 Å². The molecule has 5 heteroatoms. The third-order valence-electron chi connectivity index (χ3n) is 2.83. The minimum atomic E-state index is -3.37. The van der Waals surface area contributed by atoms with Crippen LogP contribution in [0.2, 0.25) is 0 Å². The van der Waals surface area contributed by atoms with Crippen molar-refractivity contribution in [1.29, 1.82) is 0 Å². The molecule has 0 aliphatic rings. The maximum absolute atomic E-state index is 11.9. The molecule has 0 amide bonds. The Labute approximate surface area is 110 Å². The van der Waals surface area contributed by atoms with Crippen molar-refractivity contribution in [1.82, 2.24) is 10.0 Å². The van der Waals surface area contributed by atoms with Crippen molar-refractivity contribution >= 4 is 10.0 Å². The summed E-state index contributed by atoms with van der Waals surface area (Å²) in [6.07, 6.45) is 1.77. The summed E-state index contributed by atoms with van der Waals surface area (Å²) in [5, 5.41) is 3.27. The van der Waals surface area contributed by atoms with Gasteiger partial charge in [-0.1, -0.05) is 26.0 Å². The van der Waals surface area contributed by atoms with Gasteiger partial charge in [-0.25, -0.2) is 13.1 Å². The lowest BCUT2D eigenvalue weighted by Crippen LogP contribution is -2.21. The van der Waals surface area contributed by atoms with E-state index in [1.165, 1.54) is 7.05 Å². The zero-order valence-corrected chi connectivity index (χ0v) is 12.1. The Morgan fingerprint density at radius 2 is 1.94 bits per heavy atom. The van der Waals surface area contributed by atoms with Gasteiger partial charge in [0, 0.05) is 6.54 Å². The first-order valence-electron chi connectivity index (χ1n) is 6.31. The first kappa shape index (κ1) is 15.1. The Balaban J connectivity index is 3.03. The summed E-state index contributed by atoms with van der Waals surface area (Å²) in [7, 11) is -1.93. The monoisotopic (exact) mass is 270 g/mol. The first-order chi connectivity index (χ1) is 8.55. The molecule has 4 nitrogen and oxygen atoms in total. The van der Waals surface area contributed by atoms with Crippen molar-refractivity contribution in [3.63, 3.8) is 0 Å². The summed E-state index contributed by atoms with van der Waals surface area (Å²) in [5.74, 6) is 0. The van der Waals surface area contributed by atoms with Gasteiger partial charge in [0.2, 0.25) is 10.0 Å². The summed E-state index contributed by atoms with van der Waals surface area (Å²) in [4.78, 5) is 0.392. The standard InChI is InChI=1S/C13H22N2O2S/c1-4-8-15-10-11-6-7-12(5-2)13(9-11)18(16,17)14-3/h6-7,9,14-15H,4-5,8,10H2,1-3H3. The highest BCUT2D eigenvalue weighted by Crippen LogP contribution is 2.18. The van der Waals surface area contributed by atoms with Gasteiger partial charge in [-0.05, 0) is 43.6 Å². The Morgan fingerprint density at radius 3 is 2.50 bits per heavy atom. The fourth-order valence-corrected chi connectivity index (χ4v) is 2.85. The molecule has 0 atom stereocenters. The van der Waals surface area contributed by atoms with Gasteiger partial charge in [0.05, 0.1) is 4.90 Å². The first-order valence-corrected chi connectivity index (χ1v) is 7.79. The molecule has 18 heavy (non-hydrogen) atoms. The van der Waals surface area contributed by atoms with Gasteiger partial charge >= 0.3 is 0 Å².